The van der Waals surface area contributed by atoms with Crippen molar-refractivity contribution in [3.05, 3.63) is 25.3 Å². The number of hydrogen-bond acceptors (Lipinski definition) is 3. The first-order valence-corrected chi connectivity index (χ1v) is 4.10. The predicted octanol–water partition coefficient (Wildman–Crippen LogP) is 1.31. The molecule has 1 rings (SSSR count). The highest BCUT2D eigenvalue weighted by atomic mass is 16.5. The Labute approximate surface area is 76.8 Å². The quantitative estimate of drug-likeness (QED) is 0.518. The molecule has 0 atom stereocenters. The summed E-state index contributed by atoms with van der Waals surface area (Å²) in [7, 11) is 0. The summed E-state index contributed by atoms with van der Waals surface area (Å²) in [6.07, 6.45) is 5.55. The second kappa shape index (κ2) is 4.45. The third-order valence-electron chi connectivity index (χ3n) is 1.49. The van der Waals surface area contributed by atoms with Crippen molar-refractivity contribution in [2.24, 2.45) is 0 Å². The highest BCUT2D eigenvalue weighted by Crippen LogP contribution is 2.02. The summed E-state index contributed by atoms with van der Waals surface area (Å²) in [6.45, 7) is 5.96. The zero-order valence-corrected chi connectivity index (χ0v) is 7.56. The number of aromatic nitrogens is 2. The van der Waals surface area contributed by atoms with Crippen LogP contribution in [0.25, 0.3) is 5.70 Å². The van der Waals surface area contributed by atoms with Gasteiger partial charge in [-0.1, -0.05) is 13.5 Å². The Morgan fingerprint density at radius 3 is 3.00 bits per heavy atom. The van der Waals surface area contributed by atoms with Crippen LogP contribution >= 0.6 is 0 Å². The molecule has 0 aliphatic heterocycles. The Hall–Kier alpha value is -1.58. The lowest BCUT2D eigenvalue weighted by Gasteiger charge is -2.05. The molecule has 0 bridgehead atoms. The molecule has 13 heavy (non-hydrogen) atoms. The Kier molecular flexibility index (Phi) is 3.25. The van der Waals surface area contributed by atoms with Crippen LogP contribution < -0.4 is 0 Å². The van der Waals surface area contributed by atoms with Crippen LogP contribution in [0.4, 0.5) is 0 Å². The molecule has 0 unspecified atom stereocenters. The normalized spacial score (nSPS) is 9.62. The first-order valence-electron chi connectivity index (χ1n) is 4.10. The summed E-state index contributed by atoms with van der Waals surface area (Å²) in [6, 6.07) is 0. The number of nitrogens with zero attached hydrogens (tertiary/aromatic N) is 2. The fourth-order valence-electron chi connectivity index (χ4n) is 0.802. The van der Waals surface area contributed by atoms with E-state index in [-0.39, 0.29) is 5.70 Å². The molecule has 1 aromatic heterocycles. The minimum absolute atomic E-state index is 0.283. The largest absolute Gasteiger partial charge is 0.461 e. The number of ether oxygens (including phenoxy) is 1. The molecule has 0 saturated carbocycles. The van der Waals surface area contributed by atoms with Gasteiger partial charge in [0.1, 0.15) is 5.70 Å². The molecule has 1 heterocycles. The summed E-state index contributed by atoms with van der Waals surface area (Å²) in [5.74, 6) is -0.403. The summed E-state index contributed by atoms with van der Waals surface area (Å²) in [4.78, 5) is 15.0. The van der Waals surface area contributed by atoms with Crippen molar-refractivity contribution in [2.75, 3.05) is 6.61 Å². The fourth-order valence-corrected chi connectivity index (χ4v) is 0.802. The van der Waals surface area contributed by atoms with Crippen LogP contribution in [-0.4, -0.2) is 22.1 Å². The van der Waals surface area contributed by atoms with E-state index < -0.39 is 5.97 Å². The monoisotopic (exact) mass is 180 g/mol. The standard InChI is InChI=1S/C9H12N2O2/c1-3-6-13-9(12)8(2)11-5-4-10-7-11/h4-5,7H,2-3,6H2,1H3. The third-order valence-corrected chi connectivity index (χ3v) is 1.49. The average Bonchev–Trinajstić information content (AvgIpc) is 2.65. The summed E-state index contributed by atoms with van der Waals surface area (Å²) in [5, 5.41) is 0. The van der Waals surface area contributed by atoms with E-state index in [1.165, 1.54) is 10.9 Å². The molecule has 0 N–H and O–H groups in total. The molecule has 0 fully saturated rings. The lowest BCUT2D eigenvalue weighted by molar-refractivity contribution is -0.137. The van der Waals surface area contributed by atoms with Gasteiger partial charge in [-0.25, -0.2) is 9.78 Å². The molecule has 0 spiro atoms. The number of rotatable bonds is 4. The van der Waals surface area contributed by atoms with Crippen molar-refractivity contribution >= 4 is 11.7 Å². The van der Waals surface area contributed by atoms with Crippen molar-refractivity contribution < 1.29 is 9.53 Å². The van der Waals surface area contributed by atoms with Gasteiger partial charge in [0.15, 0.2) is 0 Å². The zero-order chi connectivity index (χ0) is 9.68. The lowest BCUT2D eigenvalue weighted by atomic mass is 10.5. The van der Waals surface area contributed by atoms with Crippen LogP contribution in [-0.2, 0) is 9.53 Å². The molecule has 70 valence electrons. The van der Waals surface area contributed by atoms with E-state index in [1.54, 1.807) is 12.4 Å². The predicted molar refractivity (Wildman–Crippen MR) is 48.8 cm³/mol. The van der Waals surface area contributed by atoms with Crippen molar-refractivity contribution in [3.63, 3.8) is 0 Å². The maximum atomic E-state index is 11.2. The molecule has 1 aromatic rings. The van der Waals surface area contributed by atoms with Gasteiger partial charge in [-0.05, 0) is 6.42 Å². The third kappa shape index (κ3) is 2.43. The molecule has 0 aliphatic rings. The van der Waals surface area contributed by atoms with Crippen LogP contribution in [0, 0.1) is 0 Å². The number of imidazole rings is 1. The van der Waals surface area contributed by atoms with Gasteiger partial charge in [-0.15, -0.1) is 0 Å². The molecule has 4 heteroatoms. The molecule has 0 aromatic carbocycles. The lowest BCUT2D eigenvalue weighted by Crippen LogP contribution is -2.10. The van der Waals surface area contributed by atoms with Gasteiger partial charge in [0.2, 0.25) is 0 Å². The van der Waals surface area contributed by atoms with E-state index in [0.717, 1.165) is 6.42 Å². The van der Waals surface area contributed by atoms with Crippen molar-refractivity contribution in [2.45, 2.75) is 13.3 Å². The van der Waals surface area contributed by atoms with Crippen LogP contribution in [0.5, 0.6) is 0 Å². The second-order valence-corrected chi connectivity index (χ2v) is 2.55. The van der Waals surface area contributed by atoms with Gasteiger partial charge in [-0.3, -0.25) is 0 Å². The molecule has 4 nitrogen and oxygen atoms in total. The number of hydrogen-bond donors (Lipinski definition) is 0. The van der Waals surface area contributed by atoms with E-state index in [1.807, 2.05) is 6.92 Å². The Morgan fingerprint density at radius 1 is 1.69 bits per heavy atom. The maximum absolute atomic E-state index is 11.2. The molecular formula is C9H12N2O2. The highest BCUT2D eigenvalue weighted by molar-refractivity contribution is 6.08. The first-order chi connectivity index (χ1) is 6.25. The fraction of sp³-hybridized carbons (Fsp3) is 0.333. The van der Waals surface area contributed by atoms with Crippen LogP contribution in [0.2, 0.25) is 0 Å². The Morgan fingerprint density at radius 2 is 2.46 bits per heavy atom. The summed E-state index contributed by atoms with van der Waals surface area (Å²) < 4.78 is 6.42. The maximum Gasteiger partial charge on any atom is 0.354 e. The zero-order valence-electron chi connectivity index (χ0n) is 7.56. The minimum atomic E-state index is -0.403. The topological polar surface area (TPSA) is 44.1 Å². The summed E-state index contributed by atoms with van der Waals surface area (Å²) in [5.41, 5.74) is 0.283. The number of esters is 1. The average molecular weight is 180 g/mol. The minimum Gasteiger partial charge on any atom is -0.461 e. The number of carbonyl (C=O) groups excluding carboxylic acids is 1. The van der Waals surface area contributed by atoms with E-state index in [9.17, 15) is 4.79 Å². The SMILES string of the molecule is C=C(C(=O)OCCC)n1ccnc1. The van der Waals surface area contributed by atoms with Crippen LogP contribution in [0.3, 0.4) is 0 Å². The van der Waals surface area contributed by atoms with Crippen molar-refractivity contribution in [1.29, 1.82) is 0 Å². The van der Waals surface area contributed by atoms with Gasteiger partial charge in [0, 0.05) is 12.4 Å². The van der Waals surface area contributed by atoms with Gasteiger partial charge in [0.25, 0.3) is 0 Å². The Bertz CT molecular complexity index is 291. The second-order valence-electron chi connectivity index (χ2n) is 2.55. The molecule has 0 radical (unpaired) electrons. The molecule has 0 amide bonds. The van der Waals surface area contributed by atoms with Crippen molar-refractivity contribution in [1.82, 2.24) is 9.55 Å². The number of carbonyl (C=O) groups is 1. The molecule has 0 aliphatic carbocycles. The highest BCUT2D eigenvalue weighted by Gasteiger charge is 2.08. The Balaban J connectivity index is 2.53. The van der Waals surface area contributed by atoms with E-state index in [0.29, 0.717) is 6.61 Å². The molecule has 0 saturated heterocycles. The van der Waals surface area contributed by atoms with Gasteiger partial charge >= 0.3 is 5.97 Å². The van der Waals surface area contributed by atoms with Crippen LogP contribution in [0.15, 0.2) is 25.3 Å². The van der Waals surface area contributed by atoms with Crippen molar-refractivity contribution in [3.8, 4) is 0 Å². The van der Waals surface area contributed by atoms with Gasteiger partial charge < -0.3 is 9.30 Å². The molecular weight excluding hydrogens is 168 g/mol. The van der Waals surface area contributed by atoms with Gasteiger partial charge in [0.05, 0.1) is 12.9 Å². The van der Waals surface area contributed by atoms with Gasteiger partial charge in [-0.2, -0.15) is 0 Å². The summed E-state index contributed by atoms with van der Waals surface area (Å²) >= 11 is 0. The van der Waals surface area contributed by atoms with E-state index in [4.69, 9.17) is 4.74 Å². The van der Waals surface area contributed by atoms with Crippen LogP contribution in [0.1, 0.15) is 13.3 Å². The first kappa shape index (κ1) is 9.51. The van der Waals surface area contributed by atoms with E-state index >= 15 is 0 Å². The van der Waals surface area contributed by atoms with E-state index in [2.05, 4.69) is 11.6 Å². The smallest absolute Gasteiger partial charge is 0.354 e.